The summed E-state index contributed by atoms with van der Waals surface area (Å²) in [5, 5.41) is 121. The number of carbonyl (C=O) groups is 1. The standard InChI is InChI=1S/C91H159NO18/c1-3-5-7-9-11-13-15-17-19-21-23-25-27-29-31-32-33-34-35-36-37-38-39-40-41-42-43-45-47-49-51-53-55-57-59-61-63-65-67-69-79(97)92-74(75(96)68-66-64-62-60-58-56-54-52-50-48-46-44-30-28-26-24-22-20-18-16-14-12-10-8-6-4-2)73-105-89-85(103)82(100)87(77(71-94)107-89)110-91-86(104)83(101)88(78(72-95)108-91)109-90-84(102)81(99)80(98)76(70-93)106-90/h5,7,11,13,17,19,23,25,29,31,33-34,36-37,39-40,42-43,74-78,80-91,93-96,98-104H,3-4,6,8-10,12,14-16,18,20-22,24,26-28,30,32,35,38,41,44-73H2,1-2H3,(H,92,97)/b7-5-,13-11-,19-17-,25-23-,31-29-,34-33-,37-36-,40-39-,43-42-. The van der Waals surface area contributed by atoms with Gasteiger partial charge in [0.2, 0.25) is 5.91 Å². The first kappa shape index (κ1) is 101. The van der Waals surface area contributed by atoms with Gasteiger partial charge in [-0.1, -0.05) is 348 Å². The van der Waals surface area contributed by atoms with Gasteiger partial charge in [-0.15, -0.1) is 0 Å². The van der Waals surface area contributed by atoms with Crippen molar-refractivity contribution < 1.29 is 89.4 Å². The molecule has 636 valence electrons. The lowest BCUT2D eigenvalue weighted by atomic mass is 9.96. The van der Waals surface area contributed by atoms with Crippen molar-refractivity contribution in [2.24, 2.45) is 0 Å². The van der Waals surface area contributed by atoms with Crippen LogP contribution >= 0.6 is 0 Å². The molecule has 0 aromatic rings. The van der Waals surface area contributed by atoms with E-state index in [1.807, 2.05) is 0 Å². The number of allylic oxidation sites excluding steroid dienone is 18. The maximum Gasteiger partial charge on any atom is 0.220 e. The number of carbonyl (C=O) groups excluding carboxylic acids is 1. The molecule has 110 heavy (non-hydrogen) atoms. The van der Waals surface area contributed by atoms with E-state index in [0.29, 0.717) is 12.8 Å². The van der Waals surface area contributed by atoms with Gasteiger partial charge >= 0.3 is 0 Å². The predicted molar refractivity (Wildman–Crippen MR) is 443 cm³/mol. The number of hydrogen-bond donors (Lipinski definition) is 12. The average molecular weight is 1560 g/mol. The van der Waals surface area contributed by atoms with Crippen LogP contribution in [-0.2, 0) is 33.2 Å². The van der Waals surface area contributed by atoms with E-state index in [1.165, 1.54) is 180 Å². The van der Waals surface area contributed by atoms with Gasteiger partial charge in [-0.3, -0.25) is 4.79 Å². The number of aliphatic hydroxyl groups is 11. The quantitative estimate of drug-likeness (QED) is 0.0199. The van der Waals surface area contributed by atoms with Crippen molar-refractivity contribution in [2.45, 2.75) is 433 Å². The first-order valence-electron chi connectivity index (χ1n) is 44.1. The van der Waals surface area contributed by atoms with E-state index in [1.54, 1.807) is 0 Å². The third kappa shape index (κ3) is 48.1. The van der Waals surface area contributed by atoms with Crippen molar-refractivity contribution in [3.8, 4) is 0 Å². The van der Waals surface area contributed by atoms with Gasteiger partial charge in [0.15, 0.2) is 18.9 Å². The summed E-state index contributed by atoms with van der Waals surface area (Å²) < 4.78 is 34.6. The lowest BCUT2D eigenvalue weighted by molar-refractivity contribution is -0.379. The van der Waals surface area contributed by atoms with Crippen LogP contribution in [0.25, 0.3) is 0 Å². The van der Waals surface area contributed by atoms with E-state index in [0.717, 1.165) is 116 Å². The van der Waals surface area contributed by atoms with Gasteiger partial charge in [-0.05, 0) is 83.5 Å². The third-order valence-corrected chi connectivity index (χ3v) is 21.4. The van der Waals surface area contributed by atoms with Gasteiger partial charge in [0.25, 0.3) is 0 Å². The Morgan fingerprint density at radius 1 is 0.336 bits per heavy atom. The molecule has 1 amide bonds. The maximum absolute atomic E-state index is 13.5. The SMILES string of the molecule is CC/C=C\C/C=C\C/C=C\C/C=C\C/C=C\C/C=C\C/C=C\C/C=C\C/C=C\CCCCCCCCCCCCCC(=O)NC(COC1OC(CO)C(OC2OC(CO)C(OC3OC(CO)C(O)C(O)C3O)C(O)C2O)C(O)C1O)C(O)CCCCCCCCCCCCCCCCCCCCCCCCCCCC. The summed E-state index contributed by atoms with van der Waals surface area (Å²) in [5.74, 6) is -0.246. The zero-order valence-corrected chi connectivity index (χ0v) is 68.5. The third-order valence-electron chi connectivity index (χ3n) is 21.4. The molecule has 3 rings (SSSR count). The lowest BCUT2D eigenvalue weighted by Gasteiger charge is -2.48. The number of nitrogens with one attached hydrogen (secondary N) is 1. The minimum Gasteiger partial charge on any atom is -0.394 e. The number of aliphatic hydroxyl groups excluding tert-OH is 11. The molecule has 19 heteroatoms. The molecule has 12 N–H and O–H groups in total. The summed E-state index contributed by atoms with van der Waals surface area (Å²) in [4.78, 5) is 13.5. The van der Waals surface area contributed by atoms with E-state index < -0.39 is 124 Å². The van der Waals surface area contributed by atoms with Gasteiger partial charge in [0.1, 0.15) is 73.2 Å². The molecule has 3 aliphatic rings. The Hall–Kier alpha value is -3.55. The largest absolute Gasteiger partial charge is 0.394 e. The lowest BCUT2D eigenvalue weighted by Crippen LogP contribution is -2.66. The molecule has 0 radical (unpaired) electrons. The van der Waals surface area contributed by atoms with Crippen LogP contribution in [0, 0.1) is 0 Å². The van der Waals surface area contributed by atoms with E-state index >= 15 is 0 Å². The average Bonchev–Trinajstić information content (AvgIpc) is 0.780. The zero-order chi connectivity index (χ0) is 79.5. The van der Waals surface area contributed by atoms with Crippen LogP contribution in [0.3, 0.4) is 0 Å². The van der Waals surface area contributed by atoms with Crippen LogP contribution in [0.2, 0.25) is 0 Å². The summed E-state index contributed by atoms with van der Waals surface area (Å²) in [6.07, 6.45) is 70.3. The molecular formula is C91H159NO18. The summed E-state index contributed by atoms with van der Waals surface area (Å²) >= 11 is 0. The van der Waals surface area contributed by atoms with Gasteiger partial charge in [0, 0.05) is 6.42 Å². The van der Waals surface area contributed by atoms with Gasteiger partial charge < -0.3 is 89.9 Å². The molecule has 0 bridgehead atoms. The summed E-state index contributed by atoms with van der Waals surface area (Å²) in [6.45, 7) is 1.72. The molecule has 0 aromatic carbocycles. The number of amides is 1. The number of rotatable bonds is 70. The van der Waals surface area contributed by atoms with Crippen LogP contribution in [0.1, 0.15) is 328 Å². The smallest absolute Gasteiger partial charge is 0.220 e. The minimum absolute atomic E-state index is 0.246. The van der Waals surface area contributed by atoms with Crippen LogP contribution in [-0.4, -0.2) is 193 Å². The highest BCUT2D eigenvalue weighted by atomic mass is 16.8. The Labute approximate surface area is 665 Å². The van der Waals surface area contributed by atoms with Crippen molar-refractivity contribution in [3.63, 3.8) is 0 Å². The fourth-order valence-corrected chi connectivity index (χ4v) is 14.4. The Morgan fingerprint density at radius 3 is 0.982 bits per heavy atom. The van der Waals surface area contributed by atoms with Crippen molar-refractivity contribution in [3.05, 3.63) is 109 Å². The monoisotopic (exact) mass is 1550 g/mol. The minimum atomic E-state index is -1.98. The number of ether oxygens (including phenoxy) is 6. The topological polar surface area (TPSA) is 307 Å². The molecule has 3 aliphatic heterocycles. The van der Waals surface area contributed by atoms with Crippen LogP contribution < -0.4 is 5.32 Å². The molecule has 0 aliphatic carbocycles. The second-order valence-electron chi connectivity index (χ2n) is 31.0. The summed E-state index contributed by atoms with van der Waals surface area (Å²) in [5.41, 5.74) is 0. The highest BCUT2D eigenvalue weighted by Gasteiger charge is 2.54. The van der Waals surface area contributed by atoms with E-state index in [4.69, 9.17) is 28.4 Å². The van der Waals surface area contributed by atoms with Gasteiger partial charge in [0.05, 0.1) is 38.6 Å². The molecular weight excluding hydrogens is 1390 g/mol. The summed E-state index contributed by atoms with van der Waals surface area (Å²) in [7, 11) is 0. The molecule has 0 saturated carbocycles. The summed E-state index contributed by atoms with van der Waals surface area (Å²) in [6, 6.07) is -0.898. The molecule has 17 unspecified atom stereocenters. The van der Waals surface area contributed by atoms with Crippen LogP contribution in [0.4, 0.5) is 0 Å². The molecule has 3 heterocycles. The van der Waals surface area contributed by atoms with Crippen LogP contribution in [0.15, 0.2) is 109 Å². The second kappa shape index (κ2) is 69.7. The predicted octanol–water partition coefficient (Wildman–Crippen LogP) is 16.5. The van der Waals surface area contributed by atoms with Crippen molar-refractivity contribution in [1.29, 1.82) is 0 Å². The van der Waals surface area contributed by atoms with Crippen molar-refractivity contribution in [1.82, 2.24) is 5.32 Å². The molecule has 0 aromatic heterocycles. The highest BCUT2D eigenvalue weighted by Crippen LogP contribution is 2.33. The second-order valence-corrected chi connectivity index (χ2v) is 31.0. The fraction of sp³-hybridized carbons (Fsp3) is 0.791. The Kier molecular flexibility index (Phi) is 63.8. The zero-order valence-electron chi connectivity index (χ0n) is 68.5. The first-order valence-corrected chi connectivity index (χ1v) is 44.1. The first-order chi connectivity index (χ1) is 53.8. The molecule has 0 spiro atoms. The molecule has 19 nitrogen and oxygen atoms in total. The Bertz CT molecular complexity index is 2410. The fourth-order valence-electron chi connectivity index (χ4n) is 14.4. The Balaban J connectivity index is 1.33. The normalized spacial score (nSPS) is 25.7. The van der Waals surface area contributed by atoms with Crippen LogP contribution in [0.5, 0.6) is 0 Å². The van der Waals surface area contributed by atoms with Gasteiger partial charge in [-0.2, -0.15) is 0 Å². The van der Waals surface area contributed by atoms with Gasteiger partial charge in [-0.25, -0.2) is 0 Å². The van der Waals surface area contributed by atoms with Crippen molar-refractivity contribution in [2.75, 3.05) is 26.4 Å². The number of unbranched alkanes of at least 4 members (excludes halogenated alkanes) is 36. The maximum atomic E-state index is 13.5. The number of hydrogen-bond acceptors (Lipinski definition) is 18. The highest BCUT2D eigenvalue weighted by molar-refractivity contribution is 5.76. The Morgan fingerprint density at radius 2 is 0.627 bits per heavy atom. The molecule has 3 fully saturated rings. The van der Waals surface area contributed by atoms with E-state index in [2.05, 4.69) is 129 Å². The molecule has 17 atom stereocenters. The van der Waals surface area contributed by atoms with E-state index in [-0.39, 0.29) is 18.9 Å². The van der Waals surface area contributed by atoms with E-state index in [9.17, 15) is 61.0 Å². The molecule has 3 saturated heterocycles. The van der Waals surface area contributed by atoms with Crippen molar-refractivity contribution >= 4 is 5.91 Å².